The van der Waals surface area contributed by atoms with Gasteiger partial charge in [0.25, 0.3) is 0 Å². The van der Waals surface area contributed by atoms with Crippen LogP contribution in [0.2, 0.25) is 0 Å². The number of nitrogens with zero attached hydrogens (tertiary/aromatic N) is 1. The van der Waals surface area contributed by atoms with Crippen LogP contribution in [-0.2, 0) is 11.2 Å². The van der Waals surface area contributed by atoms with Crippen LogP contribution in [0.25, 0.3) is 11.3 Å². The fourth-order valence-corrected chi connectivity index (χ4v) is 4.62. The molecule has 3 aromatic carbocycles. The molecule has 1 aromatic heterocycles. The van der Waals surface area contributed by atoms with E-state index in [9.17, 15) is 14.0 Å². The summed E-state index contributed by atoms with van der Waals surface area (Å²) in [5.74, 6) is 0.649. The van der Waals surface area contributed by atoms with Crippen LogP contribution in [0.5, 0.6) is 11.5 Å². The van der Waals surface area contributed by atoms with Gasteiger partial charge in [-0.25, -0.2) is 9.37 Å². The van der Waals surface area contributed by atoms with Gasteiger partial charge in [0.15, 0.2) is 10.9 Å². The summed E-state index contributed by atoms with van der Waals surface area (Å²) < 4.78 is 19.0. The van der Waals surface area contributed by atoms with Gasteiger partial charge in [-0.1, -0.05) is 31.5 Å². The van der Waals surface area contributed by atoms with E-state index in [4.69, 9.17) is 4.74 Å². The lowest BCUT2D eigenvalue weighted by Crippen LogP contribution is -2.13. The van der Waals surface area contributed by atoms with Crippen molar-refractivity contribution in [3.8, 4) is 22.8 Å². The van der Waals surface area contributed by atoms with Crippen LogP contribution in [0, 0.1) is 5.82 Å². The number of carbonyl (C=O) groups excluding carboxylic acids is 2. The molecule has 1 amide bonds. The van der Waals surface area contributed by atoms with Gasteiger partial charge in [-0.3, -0.25) is 9.59 Å². The number of halogens is 1. The van der Waals surface area contributed by atoms with E-state index in [2.05, 4.69) is 17.2 Å². The maximum Gasteiger partial charge on any atom is 0.226 e. The van der Waals surface area contributed by atoms with Crippen molar-refractivity contribution < 1.29 is 18.7 Å². The van der Waals surface area contributed by atoms with Gasteiger partial charge in [0, 0.05) is 28.8 Å². The third-order valence-corrected chi connectivity index (χ3v) is 6.30. The first kappa shape index (κ1) is 24.3. The number of thiazole rings is 1. The van der Waals surface area contributed by atoms with Gasteiger partial charge in [-0.05, 0) is 67.1 Å². The molecule has 5 nitrogen and oxygen atoms in total. The molecule has 0 fully saturated rings. The summed E-state index contributed by atoms with van der Waals surface area (Å²) in [4.78, 5) is 30.7. The first-order valence-electron chi connectivity index (χ1n) is 11.4. The molecule has 0 bridgehead atoms. The predicted molar refractivity (Wildman–Crippen MR) is 137 cm³/mol. The van der Waals surface area contributed by atoms with Gasteiger partial charge in [-0.2, -0.15) is 0 Å². The number of aromatic nitrogens is 1. The van der Waals surface area contributed by atoms with E-state index in [0.717, 1.165) is 34.7 Å². The topological polar surface area (TPSA) is 68.3 Å². The second-order valence-corrected chi connectivity index (χ2v) is 9.04. The minimum atomic E-state index is -0.308. The third-order valence-electron chi connectivity index (χ3n) is 5.27. The minimum Gasteiger partial charge on any atom is -0.457 e. The zero-order valence-electron chi connectivity index (χ0n) is 19.3. The second kappa shape index (κ2) is 11.5. The Kier molecular flexibility index (Phi) is 8.00. The van der Waals surface area contributed by atoms with Gasteiger partial charge in [0.1, 0.15) is 17.3 Å². The van der Waals surface area contributed by atoms with Crippen LogP contribution in [0.3, 0.4) is 0 Å². The molecule has 0 unspecified atom stereocenters. The van der Waals surface area contributed by atoms with Crippen LogP contribution >= 0.6 is 11.3 Å². The fraction of sp³-hybridized carbons (Fsp3) is 0.179. The number of carbonyl (C=O) groups is 2. The molecule has 0 aliphatic heterocycles. The number of ether oxygens (including phenoxy) is 1. The van der Waals surface area contributed by atoms with E-state index in [-0.39, 0.29) is 30.3 Å². The normalized spacial score (nSPS) is 10.7. The molecule has 1 N–H and O–H groups in total. The Morgan fingerprint density at radius 1 is 0.914 bits per heavy atom. The summed E-state index contributed by atoms with van der Waals surface area (Å²) in [6.45, 7) is 2.07. The van der Waals surface area contributed by atoms with Gasteiger partial charge in [0.2, 0.25) is 5.91 Å². The van der Waals surface area contributed by atoms with E-state index in [1.54, 1.807) is 36.4 Å². The lowest BCUT2D eigenvalue weighted by molar-refractivity contribution is -0.116. The van der Waals surface area contributed by atoms with Crippen LogP contribution < -0.4 is 10.1 Å². The number of ketones is 1. The molecule has 0 aliphatic rings. The molecule has 35 heavy (non-hydrogen) atoms. The first-order chi connectivity index (χ1) is 17.0. The van der Waals surface area contributed by atoms with E-state index in [1.807, 2.05) is 30.3 Å². The molecule has 0 atom stereocenters. The highest BCUT2D eigenvalue weighted by atomic mass is 32.1. The summed E-state index contributed by atoms with van der Waals surface area (Å²) in [5.41, 5.74) is 2.08. The Labute approximate surface area is 207 Å². The molecule has 0 saturated carbocycles. The van der Waals surface area contributed by atoms with E-state index in [1.165, 1.54) is 23.5 Å². The van der Waals surface area contributed by atoms with Crippen molar-refractivity contribution in [1.29, 1.82) is 0 Å². The Bertz CT molecular complexity index is 1290. The molecule has 4 aromatic rings. The average Bonchev–Trinajstić information content (AvgIpc) is 3.26. The van der Waals surface area contributed by atoms with Crippen LogP contribution in [0.1, 0.15) is 41.4 Å². The summed E-state index contributed by atoms with van der Waals surface area (Å²) in [6.07, 6.45) is 1.87. The lowest BCUT2D eigenvalue weighted by atomic mass is 10.1. The van der Waals surface area contributed by atoms with Crippen molar-refractivity contribution in [3.05, 3.63) is 95.1 Å². The SMILES string of the molecule is CCCc1sc(NC(=O)CCC(=O)c2ccc(Oc3ccccc3)cc2)nc1-c1ccc(F)cc1. The minimum absolute atomic E-state index is 0.0513. The number of hydrogen-bond donors (Lipinski definition) is 1. The highest BCUT2D eigenvalue weighted by molar-refractivity contribution is 7.16. The maximum absolute atomic E-state index is 13.3. The predicted octanol–water partition coefficient (Wildman–Crippen LogP) is 7.30. The van der Waals surface area contributed by atoms with Crippen molar-refractivity contribution in [1.82, 2.24) is 4.98 Å². The maximum atomic E-state index is 13.3. The molecule has 178 valence electrons. The standard InChI is InChI=1S/C28H25FN2O3S/c1-2-6-25-27(20-9-13-21(29)14-10-20)31-28(35-25)30-26(33)18-17-24(32)19-11-15-23(16-12-19)34-22-7-4-3-5-8-22/h3-5,7-16H,2,6,17-18H2,1H3,(H,30,31,33). The van der Waals surface area contributed by atoms with Gasteiger partial charge >= 0.3 is 0 Å². The zero-order chi connectivity index (χ0) is 24.6. The van der Waals surface area contributed by atoms with Crippen LogP contribution in [-0.4, -0.2) is 16.7 Å². The van der Waals surface area contributed by atoms with Crippen molar-refractivity contribution in [2.24, 2.45) is 0 Å². The summed E-state index contributed by atoms with van der Waals surface area (Å²) in [7, 11) is 0. The molecule has 7 heteroatoms. The molecule has 4 rings (SSSR count). The van der Waals surface area contributed by atoms with Gasteiger partial charge in [-0.15, -0.1) is 11.3 Å². The lowest BCUT2D eigenvalue weighted by Gasteiger charge is -2.06. The highest BCUT2D eigenvalue weighted by Crippen LogP contribution is 2.32. The monoisotopic (exact) mass is 488 g/mol. The number of para-hydroxylation sites is 1. The second-order valence-electron chi connectivity index (χ2n) is 7.96. The van der Waals surface area contributed by atoms with Gasteiger partial charge in [0.05, 0.1) is 5.69 Å². The number of rotatable bonds is 10. The fourth-order valence-electron chi connectivity index (χ4n) is 3.52. The molecule has 1 heterocycles. The number of benzene rings is 3. The van der Waals surface area contributed by atoms with E-state index >= 15 is 0 Å². The van der Waals surface area contributed by atoms with E-state index < -0.39 is 0 Å². The molecule has 0 aliphatic carbocycles. The zero-order valence-corrected chi connectivity index (χ0v) is 20.1. The van der Waals surface area contributed by atoms with Crippen molar-refractivity contribution in [2.75, 3.05) is 5.32 Å². The third kappa shape index (κ3) is 6.61. The van der Waals surface area contributed by atoms with Crippen molar-refractivity contribution >= 4 is 28.2 Å². The van der Waals surface area contributed by atoms with E-state index in [0.29, 0.717) is 16.4 Å². The number of Topliss-reactive ketones (excluding diaryl/α,β-unsaturated/α-hetero) is 1. The summed E-state index contributed by atoms with van der Waals surface area (Å²) in [6, 6.07) is 22.4. The Balaban J connectivity index is 1.33. The largest absolute Gasteiger partial charge is 0.457 e. The number of nitrogens with one attached hydrogen (secondary N) is 1. The van der Waals surface area contributed by atoms with Crippen LogP contribution in [0.4, 0.5) is 9.52 Å². The number of amides is 1. The quantitative estimate of drug-likeness (QED) is 0.238. The Hall–Kier alpha value is -3.84. The molecular formula is C28H25FN2O3S. The number of anilines is 1. The van der Waals surface area contributed by atoms with Crippen LogP contribution in [0.15, 0.2) is 78.9 Å². The number of hydrogen-bond acceptors (Lipinski definition) is 5. The smallest absolute Gasteiger partial charge is 0.226 e. The molecule has 0 radical (unpaired) electrons. The summed E-state index contributed by atoms with van der Waals surface area (Å²) in [5, 5.41) is 3.29. The molecular weight excluding hydrogens is 463 g/mol. The van der Waals surface area contributed by atoms with Crippen molar-refractivity contribution in [2.45, 2.75) is 32.6 Å². The van der Waals surface area contributed by atoms with Crippen molar-refractivity contribution in [3.63, 3.8) is 0 Å². The Morgan fingerprint density at radius 3 is 2.29 bits per heavy atom. The highest BCUT2D eigenvalue weighted by Gasteiger charge is 2.16. The first-order valence-corrected chi connectivity index (χ1v) is 12.2. The van der Waals surface area contributed by atoms with Gasteiger partial charge < -0.3 is 10.1 Å². The molecule has 0 spiro atoms. The number of aryl methyl sites for hydroxylation is 1. The molecule has 0 saturated heterocycles. The summed E-state index contributed by atoms with van der Waals surface area (Å²) >= 11 is 1.41. The average molecular weight is 489 g/mol. The Morgan fingerprint density at radius 2 is 1.60 bits per heavy atom.